The minimum absolute atomic E-state index is 0.162. The Morgan fingerprint density at radius 3 is 2.80 bits per heavy atom. The monoisotopic (exact) mass is 427 g/mol. The number of fused-ring (bicyclic) bond motifs is 4. The van der Waals surface area contributed by atoms with Crippen LogP contribution < -0.4 is 10.6 Å². The summed E-state index contributed by atoms with van der Waals surface area (Å²) in [6, 6.07) is 9.07. The van der Waals surface area contributed by atoms with Crippen LogP contribution in [0.25, 0.3) is 11.3 Å². The summed E-state index contributed by atoms with van der Waals surface area (Å²) in [5.41, 5.74) is 2.28. The Morgan fingerprint density at radius 1 is 1.30 bits per heavy atom. The summed E-state index contributed by atoms with van der Waals surface area (Å²) in [6.45, 7) is 7.28. The summed E-state index contributed by atoms with van der Waals surface area (Å²) in [7, 11) is 0. The molecule has 0 unspecified atom stereocenters. The Hall–Kier alpha value is -2.86. The number of rotatable bonds is 1. The minimum Gasteiger partial charge on any atom is -0.444 e. The Morgan fingerprint density at radius 2 is 2.07 bits per heavy atom. The first-order valence-corrected chi connectivity index (χ1v) is 10.2. The number of anilines is 1. The van der Waals surface area contributed by atoms with Gasteiger partial charge < -0.3 is 15.4 Å². The van der Waals surface area contributed by atoms with E-state index in [4.69, 9.17) is 16.3 Å². The number of alkyl carbamates (subject to hydrolysis) is 1. The zero-order chi connectivity index (χ0) is 21.9. The molecule has 2 heterocycles. The third-order valence-electron chi connectivity index (χ3n) is 4.58. The molecular weight excluding hydrogens is 402 g/mol. The SMILES string of the molecule is C[C@@H]1C=CC[C@H](NC(=O)OC(C)(C)C)c2cccc(c2)-c2ncc(Cl)cc2NC1=O. The molecule has 2 bridgehead atoms. The van der Waals surface area contributed by atoms with E-state index < -0.39 is 11.7 Å². The van der Waals surface area contributed by atoms with Crippen molar-refractivity contribution in [2.45, 2.75) is 45.8 Å². The number of nitrogens with one attached hydrogen (secondary N) is 2. The lowest BCUT2D eigenvalue weighted by molar-refractivity contribution is -0.118. The van der Waals surface area contributed by atoms with Gasteiger partial charge in [-0.25, -0.2) is 4.79 Å². The van der Waals surface area contributed by atoms with Gasteiger partial charge in [0.2, 0.25) is 5.91 Å². The topological polar surface area (TPSA) is 80.3 Å². The molecule has 6 nitrogen and oxygen atoms in total. The zero-order valence-corrected chi connectivity index (χ0v) is 18.3. The normalized spacial score (nSPS) is 19.0. The second kappa shape index (κ2) is 8.88. The predicted molar refractivity (Wildman–Crippen MR) is 118 cm³/mol. The lowest BCUT2D eigenvalue weighted by Gasteiger charge is -2.24. The summed E-state index contributed by atoms with van der Waals surface area (Å²) < 4.78 is 5.43. The van der Waals surface area contributed by atoms with Gasteiger partial charge in [0.15, 0.2) is 0 Å². The van der Waals surface area contributed by atoms with Crippen molar-refractivity contribution < 1.29 is 14.3 Å². The Bertz CT molecular complexity index is 982. The van der Waals surface area contributed by atoms with Gasteiger partial charge in [-0.15, -0.1) is 0 Å². The van der Waals surface area contributed by atoms with Gasteiger partial charge in [-0.1, -0.05) is 48.9 Å². The fraction of sp³-hybridized carbons (Fsp3) is 0.348. The number of hydrogen-bond donors (Lipinski definition) is 2. The van der Waals surface area contributed by atoms with Crippen molar-refractivity contribution in [1.29, 1.82) is 0 Å². The second-order valence-corrected chi connectivity index (χ2v) is 8.75. The van der Waals surface area contributed by atoms with Crippen LogP contribution in [0, 0.1) is 5.92 Å². The highest BCUT2D eigenvalue weighted by molar-refractivity contribution is 6.31. The molecule has 1 aromatic heterocycles. The predicted octanol–water partition coefficient (Wildman–Crippen LogP) is 5.50. The number of ether oxygens (including phenoxy) is 1. The van der Waals surface area contributed by atoms with Gasteiger partial charge in [0, 0.05) is 11.8 Å². The molecule has 3 rings (SSSR count). The van der Waals surface area contributed by atoms with Gasteiger partial charge in [0.05, 0.1) is 28.4 Å². The fourth-order valence-corrected chi connectivity index (χ4v) is 3.31. The zero-order valence-electron chi connectivity index (χ0n) is 17.5. The summed E-state index contributed by atoms with van der Waals surface area (Å²) in [5.74, 6) is -0.526. The van der Waals surface area contributed by atoms with E-state index in [0.29, 0.717) is 22.8 Å². The molecule has 0 aliphatic carbocycles. The number of hydrogen-bond acceptors (Lipinski definition) is 4. The Balaban J connectivity index is 2.03. The second-order valence-electron chi connectivity index (χ2n) is 8.32. The number of pyridine rings is 1. The number of carbonyl (C=O) groups is 2. The van der Waals surface area contributed by atoms with Crippen molar-refractivity contribution in [1.82, 2.24) is 10.3 Å². The highest BCUT2D eigenvalue weighted by atomic mass is 35.5. The molecule has 2 atom stereocenters. The molecule has 30 heavy (non-hydrogen) atoms. The van der Waals surface area contributed by atoms with Crippen molar-refractivity contribution in [3.63, 3.8) is 0 Å². The van der Waals surface area contributed by atoms with E-state index in [2.05, 4.69) is 15.6 Å². The third-order valence-corrected chi connectivity index (χ3v) is 4.78. The van der Waals surface area contributed by atoms with E-state index in [1.165, 1.54) is 0 Å². The van der Waals surface area contributed by atoms with Gasteiger partial charge in [0.25, 0.3) is 0 Å². The molecule has 1 aromatic carbocycles. The van der Waals surface area contributed by atoms with Crippen molar-refractivity contribution >= 4 is 29.3 Å². The molecule has 1 aliphatic rings. The van der Waals surface area contributed by atoms with E-state index >= 15 is 0 Å². The average molecular weight is 428 g/mol. The van der Waals surface area contributed by atoms with Crippen molar-refractivity contribution in [2.24, 2.45) is 5.92 Å². The number of aromatic nitrogens is 1. The number of halogens is 1. The summed E-state index contributed by atoms with van der Waals surface area (Å²) in [5, 5.41) is 6.30. The first-order chi connectivity index (χ1) is 14.1. The van der Waals surface area contributed by atoms with Gasteiger partial charge in [0.1, 0.15) is 5.60 Å². The number of carbonyl (C=O) groups excluding carboxylic acids is 2. The van der Waals surface area contributed by atoms with Crippen LogP contribution in [0.15, 0.2) is 48.7 Å². The Labute approximate surface area is 181 Å². The molecule has 2 amide bonds. The maximum atomic E-state index is 12.6. The molecule has 0 saturated carbocycles. The van der Waals surface area contributed by atoms with Crippen LogP contribution in [0.5, 0.6) is 0 Å². The molecule has 0 spiro atoms. The maximum absolute atomic E-state index is 12.6. The first kappa shape index (κ1) is 21.8. The molecular formula is C23H26ClN3O3. The number of benzene rings is 1. The fourth-order valence-electron chi connectivity index (χ4n) is 3.15. The van der Waals surface area contributed by atoms with Gasteiger partial charge in [-0.3, -0.25) is 9.78 Å². The van der Waals surface area contributed by atoms with E-state index in [1.807, 2.05) is 64.1 Å². The van der Waals surface area contributed by atoms with Crippen LogP contribution in [0.3, 0.4) is 0 Å². The van der Waals surface area contributed by atoms with Crippen LogP contribution in [-0.2, 0) is 9.53 Å². The van der Waals surface area contributed by atoms with Crippen LogP contribution in [0.4, 0.5) is 10.5 Å². The van der Waals surface area contributed by atoms with E-state index in [9.17, 15) is 9.59 Å². The van der Waals surface area contributed by atoms with Gasteiger partial charge >= 0.3 is 6.09 Å². The number of amides is 2. The lowest BCUT2D eigenvalue weighted by atomic mass is 9.97. The minimum atomic E-state index is -0.595. The van der Waals surface area contributed by atoms with Crippen LogP contribution >= 0.6 is 11.6 Å². The molecule has 2 aromatic rings. The molecule has 7 heteroatoms. The highest BCUT2D eigenvalue weighted by Crippen LogP contribution is 2.31. The van der Waals surface area contributed by atoms with Gasteiger partial charge in [-0.2, -0.15) is 0 Å². The quantitative estimate of drug-likeness (QED) is 0.588. The smallest absolute Gasteiger partial charge is 0.408 e. The average Bonchev–Trinajstić information content (AvgIpc) is 2.65. The van der Waals surface area contributed by atoms with E-state index in [0.717, 1.165) is 11.1 Å². The molecule has 1 aliphatic heterocycles. The third kappa shape index (κ3) is 5.60. The van der Waals surface area contributed by atoms with Crippen molar-refractivity contribution in [3.05, 3.63) is 59.3 Å². The lowest BCUT2D eigenvalue weighted by Crippen LogP contribution is -2.35. The molecule has 0 fully saturated rings. The molecule has 0 saturated heterocycles. The molecule has 2 N–H and O–H groups in total. The first-order valence-electron chi connectivity index (χ1n) is 9.85. The largest absolute Gasteiger partial charge is 0.444 e. The highest BCUT2D eigenvalue weighted by Gasteiger charge is 2.22. The van der Waals surface area contributed by atoms with E-state index in [1.54, 1.807) is 12.3 Å². The summed E-state index contributed by atoms with van der Waals surface area (Å²) >= 11 is 6.11. The summed E-state index contributed by atoms with van der Waals surface area (Å²) in [4.78, 5) is 29.5. The van der Waals surface area contributed by atoms with Crippen LogP contribution in [-0.4, -0.2) is 22.6 Å². The van der Waals surface area contributed by atoms with Crippen molar-refractivity contribution in [3.8, 4) is 11.3 Å². The van der Waals surface area contributed by atoms with Crippen molar-refractivity contribution in [2.75, 3.05) is 5.32 Å². The van der Waals surface area contributed by atoms with Gasteiger partial charge in [-0.05, 0) is 44.9 Å². The Kier molecular flexibility index (Phi) is 6.46. The van der Waals surface area contributed by atoms with Crippen LogP contribution in [0.1, 0.15) is 45.7 Å². The standard InChI is InChI=1S/C23H26ClN3O3/c1-14-7-5-10-18(27-22(29)30-23(2,3)4)15-8-6-9-16(11-15)20-19(26-21(14)28)12-17(24)13-25-20/h5-9,11-14,18H,10H2,1-4H3,(H,26,28)(H,27,29)/t14-,18+/m1/s1. The molecule has 0 radical (unpaired) electrons. The summed E-state index contributed by atoms with van der Waals surface area (Å²) in [6.07, 6.45) is 5.29. The maximum Gasteiger partial charge on any atom is 0.408 e. The number of nitrogens with zero attached hydrogens (tertiary/aromatic N) is 1. The van der Waals surface area contributed by atoms with Crippen LogP contribution in [0.2, 0.25) is 5.02 Å². The molecule has 158 valence electrons. The van der Waals surface area contributed by atoms with E-state index in [-0.39, 0.29) is 17.9 Å².